The molecule has 1 aromatic rings. The highest BCUT2D eigenvalue weighted by Gasteiger charge is 1.97. The van der Waals surface area contributed by atoms with Crippen molar-refractivity contribution in [3.63, 3.8) is 0 Å². The van der Waals surface area contributed by atoms with Crippen molar-refractivity contribution in [1.29, 1.82) is 0 Å². The van der Waals surface area contributed by atoms with E-state index in [2.05, 4.69) is 14.1 Å². The van der Waals surface area contributed by atoms with Crippen molar-refractivity contribution in [2.24, 2.45) is 0 Å². The molecule has 60 valence electrons. The van der Waals surface area contributed by atoms with Crippen molar-refractivity contribution in [3.8, 4) is 5.75 Å². The van der Waals surface area contributed by atoms with E-state index in [-0.39, 0.29) is 0 Å². The quantitative estimate of drug-likeness (QED) is 0.614. The Balaban J connectivity index is 2.71. The Hall–Kier alpha value is -1.02. The predicted octanol–water partition coefficient (Wildman–Crippen LogP) is 0.0367. The summed E-state index contributed by atoms with van der Waals surface area (Å²) in [5, 5.41) is 9.12. The molecule has 1 rings (SSSR count). The van der Waals surface area contributed by atoms with Crippen LogP contribution in [0.2, 0.25) is 0 Å². The lowest BCUT2D eigenvalue weighted by Gasteiger charge is -2.06. The molecule has 2 nitrogen and oxygen atoms in total. The fourth-order valence-corrected chi connectivity index (χ4v) is 1.07. The van der Waals surface area contributed by atoms with Crippen LogP contribution in [0.5, 0.6) is 5.75 Å². The first-order valence-electron chi connectivity index (χ1n) is 3.75. The van der Waals surface area contributed by atoms with Crippen LogP contribution in [0.1, 0.15) is 5.56 Å². The molecule has 0 amide bonds. The van der Waals surface area contributed by atoms with Gasteiger partial charge in [0.2, 0.25) is 0 Å². The average molecular weight is 152 g/mol. The van der Waals surface area contributed by atoms with Gasteiger partial charge in [0, 0.05) is 5.56 Å². The van der Waals surface area contributed by atoms with Crippen molar-refractivity contribution >= 4 is 0 Å². The number of aromatic hydroxyl groups is 1. The molecule has 0 saturated heterocycles. The fourth-order valence-electron chi connectivity index (χ4n) is 1.07. The van der Waals surface area contributed by atoms with Crippen molar-refractivity contribution in [3.05, 3.63) is 29.8 Å². The van der Waals surface area contributed by atoms with E-state index in [0.717, 1.165) is 6.54 Å². The molecule has 0 unspecified atom stereocenters. The van der Waals surface area contributed by atoms with Crippen LogP contribution in [0.4, 0.5) is 0 Å². The second-order valence-corrected chi connectivity index (χ2v) is 3.05. The van der Waals surface area contributed by atoms with Gasteiger partial charge in [-0.25, -0.2) is 0 Å². The van der Waals surface area contributed by atoms with Gasteiger partial charge in [0.15, 0.2) is 0 Å². The van der Waals surface area contributed by atoms with E-state index in [1.54, 1.807) is 12.1 Å². The molecule has 2 N–H and O–H groups in total. The molecule has 0 saturated carbocycles. The van der Waals surface area contributed by atoms with E-state index in [9.17, 15) is 0 Å². The molecule has 0 aliphatic rings. The van der Waals surface area contributed by atoms with Crippen LogP contribution in [0, 0.1) is 0 Å². The largest absolute Gasteiger partial charge is 0.508 e. The SMILES string of the molecule is C[NH+](C)Cc1cccc(O)c1. The van der Waals surface area contributed by atoms with Gasteiger partial charge < -0.3 is 10.0 Å². The predicted molar refractivity (Wildman–Crippen MR) is 44.6 cm³/mol. The number of phenolic OH excluding ortho intramolecular Hbond substituents is 1. The Morgan fingerprint density at radius 1 is 1.36 bits per heavy atom. The number of quaternary nitrogens is 1. The standard InChI is InChI=1S/C9H13NO/c1-10(2)7-8-4-3-5-9(11)6-8/h3-6,11H,7H2,1-2H3/p+1. The number of rotatable bonds is 2. The summed E-state index contributed by atoms with van der Waals surface area (Å²) >= 11 is 0. The number of phenols is 1. The van der Waals surface area contributed by atoms with Gasteiger partial charge in [-0.1, -0.05) is 12.1 Å². The number of hydrogen-bond acceptors (Lipinski definition) is 1. The van der Waals surface area contributed by atoms with Crippen LogP contribution >= 0.6 is 0 Å². The summed E-state index contributed by atoms with van der Waals surface area (Å²) < 4.78 is 0. The van der Waals surface area contributed by atoms with Gasteiger partial charge in [0.25, 0.3) is 0 Å². The maximum atomic E-state index is 9.12. The van der Waals surface area contributed by atoms with E-state index < -0.39 is 0 Å². The first-order chi connectivity index (χ1) is 5.18. The molecule has 0 bridgehead atoms. The second kappa shape index (κ2) is 3.39. The molecular formula is C9H14NO+. The summed E-state index contributed by atoms with van der Waals surface area (Å²) in [6.45, 7) is 0.953. The summed E-state index contributed by atoms with van der Waals surface area (Å²) in [5.74, 6) is 0.351. The van der Waals surface area contributed by atoms with Crippen molar-refractivity contribution in [2.45, 2.75) is 6.54 Å². The third-order valence-electron chi connectivity index (χ3n) is 1.47. The van der Waals surface area contributed by atoms with Gasteiger partial charge in [-0.05, 0) is 12.1 Å². The van der Waals surface area contributed by atoms with E-state index in [0.29, 0.717) is 5.75 Å². The molecule has 1 aromatic carbocycles. The minimum Gasteiger partial charge on any atom is -0.508 e. The van der Waals surface area contributed by atoms with Gasteiger partial charge in [0.05, 0.1) is 14.1 Å². The summed E-state index contributed by atoms with van der Waals surface area (Å²) in [7, 11) is 4.17. The monoisotopic (exact) mass is 152 g/mol. The fraction of sp³-hybridized carbons (Fsp3) is 0.333. The Bertz CT molecular complexity index is 233. The number of hydrogen-bond donors (Lipinski definition) is 2. The number of nitrogens with one attached hydrogen (secondary N) is 1. The van der Waals surface area contributed by atoms with E-state index in [1.807, 2.05) is 12.1 Å². The van der Waals surface area contributed by atoms with Crippen LogP contribution in [0.25, 0.3) is 0 Å². The highest BCUT2D eigenvalue weighted by molar-refractivity contribution is 5.26. The smallest absolute Gasteiger partial charge is 0.116 e. The zero-order valence-corrected chi connectivity index (χ0v) is 6.96. The summed E-state index contributed by atoms with van der Waals surface area (Å²) in [4.78, 5) is 1.36. The van der Waals surface area contributed by atoms with Crippen molar-refractivity contribution in [1.82, 2.24) is 0 Å². The minimum atomic E-state index is 0.351. The van der Waals surface area contributed by atoms with Crippen LogP contribution in [-0.4, -0.2) is 19.2 Å². The van der Waals surface area contributed by atoms with E-state index in [1.165, 1.54) is 10.5 Å². The topological polar surface area (TPSA) is 24.7 Å². The molecule has 2 heteroatoms. The maximum absolute atomic E-state index is 9.12. The van der Waals surface area contributed by atoms with Gasteiger partial charge in [-0.3, -0.25) is 0 Å². The van der Waals surface area contributed by atoms with Crippen molar-refractivity contribution in [2.75, 3.05) is 14.1 Å². The zero-order chi connectivity index (χ0) is 8.27. The lowest BCUT2D eigenvalue weighted by atomic mass is 10.2. The highest BCUT2D eigenvalue weighted by Crippen LogP contribution is 2.09. The minimum absolute atomic E-state index is 0.351. The van der Waals surface area contributed by atoms with Gasteiger partial charge in [0.1, 0.15) is 12.3 Å². The van der Waals surface area contributed by atoms with Gasteiger partial charge in [-0.15, -0.1) is 0 Å². The summed E-state index contributed by atoms with van der Waals surface area (Å²) in [5.41, 5.74) is 1.17. The molecule has 0 aromatic heterocycles. The van der Waals surface area contributed by atoms with Crippen molar-refractivity contribution < 1.29 is 10.0 Å². The normalized spacial score (nSPS) is 10.5. The number of benzene rings is 1. The molecule has 0 spiro atoms. The summed E-state index contributed by atoms with van der Waals surface area (Å²) in [6, 6.07) is 7.38. The Morgan fingerprint density at radius 3 is 2.64 bits per heavy atom. The first kappa shape index (κ1) is 8.08. The molecule has 11 heavy (non-hydrogen) atoms. The van der Waals surface area contributed by atoms with E-state index in [4.69, 9.17) is 5.11 Å². The third kappa shape index (κ3) is 2.60. The molecule has 0 atom stereocenters. The highest BCUT2D eigenvalue weighted by atomic mass is 16.3. The van der Waals surface area contributed by atoms with Gasteiger partial charge >= 0.3 is 0 Å². The van der Waals surface area contributed by atoms with Crippen LogP contribution < -0.4 is 4.90 Å². The maximum Gasteiger partial charge on any atom is 0.116 e. The first-order valence-corrected chi connectivity index (χ1v) is 3.75. The van der Waals surface area contributed by atoms with Gasteiger partial charge in [-0.2, -0.15) is 0 Å². The van der Waals surface area contributed by atoms with E-state index >= 15 is 0 Å². The molecule has 0 radical (unpaired) electrons. The van der Waals surface area contributed by atoms with Crippen LogP contribution in [0.3, 0.4) is 0 Å². The van der Waals surface area contributed by atoms with Crippen LogP contribution in [-0.2, 0) is 6.54 Å². The van der Waals surface area contributed by atoms with Crippen LogP contribution in [0.15, 0.2) is 24.3 Å². The Morgan fingerprint density at radius 2 is 2.09 bits per heavy atom. The average Bonchev–Trinajstić information content (AvgIpc) is 1.85. The molecule has 0 fully saturated rings. The molecule has 0 aliphatic carbocycles. The third-order valence-corrected chi connectivity index (χ3v) is 1.47. The molecular weight excluding hydrogens is 138 g/mol. The molecule has 0 aliphatic heterocycles. The Labute approximate surface area is 67.1 Å². The molecule has 0 heterocycles. The second-order valence-electron chi connectivity index (χ2n) is 3.05. The zero-order valence-electron chi connectivity index (χ0n) is 6.96. The summed E-state index contributed by atoms with van der Waals surface area (Å²) in [6.07, 6.45) is 0. The lowest BCUT2D eigenvalue weighted by molar-refractivity contribution is -0.872. The Kier molecular flexibility index (Phi) is 2.49. The lowest BCUT2D eigenvalue weighted by Crippen LogP contribution is -3.04.